The van der Waals surface area contributed by atoms with Crippen molar-refractivity contribution in [3.8, 4) is 0 Å². The average Bonchev–Trinajstić information content (AvgIpc) is 3.50. The predicted octanol–water partition coefficient (Wildman–Crippen LogP) is 3.64. The Balaban J connectivity index is 1.73. The average molecular weight is 444 g/mol. The summed E-state index contributed by atoms with van der Waals surface area (Å²) in [7, 11) is 0. The van der Waals surface area contributed by atoms with Gasteiger partial charge in [-0.05, 0) is 43.5 Å². The summed E-state index contributed by atoms with van der Waals surface area (Å²) in [6.45, 7) is 3.79. The molecule has 2 heterocycles. The van der Waals surface area contributed by atoms with Crippen LogP contribution in [-0.2, 0) is 16.1 Å². The highest BCUT2D eigenvalue weighted by Gasteiger charge is 2.26. The molecule has 0 radical (unpaired) electrons. The Bertz CT molecular complexity index is 891. The molecular weight excluding hydrogens is 414 g/mol. The fraction of sp³-hybridized carbons (Fsp3) is 0.478. The van der Waals surface area contributed by atoms with E-state index >= 15 is 0 Å². The van der Waals surface area contributed by atoms with Crippen LogP contribution in [0.5, 0.6) is 0 Å². The molecule has 1 saturated heterocycles. The van der Waals surface area contributed by atoms with E-state index in [9.17, 15) is 19.7 Å². The summed E-state index contributed by atoms with van der Waals surface area (Å²) in [5, 5.41) is 10.9. The highest BCUT2D eigenvalue weighted by atomic mass is 16.6. The molecule has 0 unspecified atom stereocenters. The third-order valence-corrected chi connectivity index (χ3v) is 5.45. The summed E-state index contributed by atoms with van der Waals surface area (Å²) in [4.78, 5) is 39.9. The minimum atomic E-state index is -0.510. The van der Waals surface area contributed by atoms with Gasteiger partial charge in [-0.2, -0.15) is 0 Å². The molecule has 1 aliphatic rings. The second-order valence-corrected chi connectivity index (χ2v) is 7.87. The zero-order valence-electron chi connectivity index (χ0n) is 18.3. The first-order valence-electron chi connectivity index (χ1n) is 10.9. The maximum Gasteiger partial charge on any atom is 0.269 e. The van der Waals surface area contributed by atoms with Crippen LogP contribution in [0.4, 0.5) is 5.69 Å². The van der Waals surface area contributed by atoms with E-state index in [2.05, 4.69) is 0 Å². The van der Waals surface area contributed by atoms with Gasteiger partial charge in [-0.25, -0.2) is 0 Å². The Morgan fingerprint density at radius 3 is 2.56 bits per heavy atom. The predicted molar refractivity (Wildman–Crippen MR) is 117 cm³/mol. The molecule has 1 aromatic heterocycles. The summed E-state index contributed by atoms with van der Waals surface area (Å²) >= 11 is 0. The van der Waals surface area contributed by atoms with Gasteiger partial charge in [-0.3, -0.25) is 19.7 Å². The molecule has 0 bridgehead atoms. The number of rotatable bonds is 11. The Morgan fingerprint density at radius 1 is 1.19 bits per heavy atom. The molecule has 9 nitrogen and oxygen atoms in total. The molecule has 1 aliphatic heterocycles. The van der Waals surface area contributed by atoms with Crippen LogP contribution < -0.4 is 0 Å². The maximum absolute atomic E-state index is 13.3. The van der Waals surface area contributed by atoms with Crippen molar-refractivity contribution < 1.29 is 23.7 Å². The lowest BCUT2D eigenvalue weighted by molar-refractivity contribution is -0.384. The molecule has 0 aliphatic carbocycles. The number of amides is 2. The van der Waals surface area contributed by atoms with Crippen LogP contribution in [0.1, 0.15) is 48.7 Å². The summed E-state index contributed by atoms with van der Waals surface area (Å²) in [5.41, 5.74) is 0.232. The number of furan rings is 1. The van der Waals surface area contributed by atoms with Gasteiger partial charge in [-0.1, -0.05) is 13.3 Å². The van der Waals surface area contributed by atoms with Crippen LogP contribution >= 0.6 is 0 Å². The Morgan fingerprint density at radius 2 is 1.97 bits per heavy atom. The van der Waals surface area contributed by atoms with Crippen LogP contribution in [0.25, 0.3) is 0 Å². The van der Waals surface area contributed by atoms with Crippen molar-refractivity contribution in [3.05, 3.63) is 64.1 Å². The largest absolute Gasteiger partial charge is 0.467 e. The van der Waals surface area contributed by atoms with Crippen molar-refractivity contribution in [1.82, 2.24) is 9.80 Å². The Kier molecular flexibility index (Phi) is 8.38. The van der Waals surface area contributed by atoms with Gasteiger partial charge in [0.15, 0.2) is 0 Å². The first-order valence-corrected chi connectivity index (χ1v) is 10.9. The van der Waals surface area contributed by atoms with E-state index in [1.165, 1.54) is 29.2 Å². The first-order chi connectivity index (χ1) is 15.5. The lowest BCUT2D eigenvalue weighted by Gasteiger charge is -2.29. The van der Waals surface area contributed by atoms with Gasteiger partial charge in [0.25, 0.3) is 11.6 Å². The van der Waals surface area contributed by atoms with E-state index in [0.29, 0.717) is 37.6 Å². The minimum absolute atomic E-state index is 0.0246. The van der Waals surface area contributed by atoms with Crippen LogP contribution in [-0.4, -0.2) is 58.9 Å². The topological polar surface area (TPSA) is 106 Å². The van der Waals surface area contributed by atoms with E-state index in [0.717, 1.165) is 25.7 Å². The number of unbranched alkanes of at least 4 members (excludes halogenated alkanes) is 1. The first kappa shape index (κ1) is 23.5. The molecular formula is C23H29N3O6. The molecule has 0 saturated carbocycles. The number of non-ortho nitro benzene ring substituents is 1. The van der Waals surface area contributed by atoms with Crippen LogP contribution in [0.3, 0.4) is 0 Å². The number of ether oxygens (including phenoxy) is 1. The van der Waals surface area contributed by atoms with Gasteiger partial charge >= 0.3 is 0 Å². The van der Waals surface area contributed by atoms with Gasteiger partial charge < -0.3 is 19.0 Å². The van der Waals surface area contributed by atoms with E-state index < -0.39 is 4.92 Å². The second kappa shape index (κ2) is 11.4. The minimum Gasteiger partial charge on any atom is -0.467 e. The number of carbonyl (C=O) groups excluding carboxylic acids is 2. The van der Waals surface area contributed by atoms with Crippen molar-refractivity contribution in [1.29, 1.82) is 0 Å². The quantitative estimate of drug-likeness (QED) is 0.388. The van der Waals surface area contributed by atoms with E-state index in [1.54, 1.807) is 17.2 Å². The smallest absolute Gasteiger partial charge is 0.269 e. The molecule has 0 spiro atoms. The number of hydrogen-bond acceptors (Lipinski definition) is 6. The molecule has 32 heavy (non-hydrogen) atoms. The molecule has 1 aromatic carbocycles. The maximum atomic E-state index is 13.3. The van der Waals surface area contributed by atoms with Crippen LogP contribution in [0.15, 0.2) is 47.1 Å². The summed E-state index contributed by atoms with van der Waals surface area (Å²) < 4.78 is 11.1. The third kappa shape index (κ3) is 6.40. The van der Waals surface area contributed by atoms with Crippen molar-refractivity contribution in [2.75, 3.05) is 26.2 Å². The van der Waals surface area contributed by atoms with Crippen LogP contribution in [0.2, 0.25) is 0 Å². The number of hydrogen-bond donors (Lipinski definition) is 0. The van der Waals surface area contributed by atoms with Gasteiger partial charge in [0.1, 0.15) is 12.3 Å². The van der Waals surface area contributed by atoms with E-state index in [1.807, 2.05) is 13.0 Å². The van der Waals surface area contributed by atoms with Gasteiger partial charge in [0, 0.05) is 37.4 Å². The standard InChI is InChI=1S/C23H29N3O6/c1-2-3-12-24(23(28)18-8-10-19(11-9-18)26(29)30)17-22(27)25(15-20-6-4-13-31-20)16-21-7-5-14-32-21/h4,6,8-11,13,21H,2-3,5,7,12,14-17H2,1H3/t21-/m0/s1. The highest BCUT2D eigenvalue weighted by Crippen LogP contribution is 2.17. The van der Waals surface area contributed by atoms with Crippen molar-refractivity contribution in [2.24, 2.45) is 0 Å². The normalized spacial score (nSPS) is 15.5. The zero-order chi connectivity index (χ0) is 22.9. The van der Waals surface area contributed by atoms with Gasteiger partial charge in [-0.15, -0.1) is 0 Å². The Labute approximate surface area is 187 Å². The number of nitro groups is 1. The fourth-order valence-corrected chi connectivity index (χ4v) is 3.65. The number of carbonyl (C=O) groups is 2. The molecule has 172 valence electrons. The third-order valence-electron chi connectivity index (χ3n) is 5.45. The SMILES string of the molecule is CCCCN(CC(=O)N(Cc1ccco1)C[C@@H]1CCCO1)C(=O)c1ccc([N+](=O)[O-])cc1. The second-order valence-electron chi connectivity index (χ2n) is 7.87. The molecule has 3 rings (SSSR count). The zero-order valence-corrected chi connectivity index (χ0v) is 18.3. The van der Waals surface area contributed by atoms with Crippen molar-refractivity contribution >= 4 is 17.5 Å². The highest BCUT2D eigenvalue weighted by molar-refractivity contribution is 5.96. The lowest BCUT2D eigenvalue weighted by Crippen LogP contribution is -2.45. The molecule has 2 aromatic rings. The summed E-state index contributed by atoms with van der Waals surface area (Å²) in [6, 6.07) is 9.04. The van der Waals surface area contributed by atoms with Gasteiger partial charge in [0.2, 0.25) is 5.91 Å². The lowest BCUT2D eigenvalue weighted by atomic mass is 10.1. The van der Waals surface area contributed by atoms with E-state index in [-0.39, 0.29) is 30.2 Å². The van der Waals surface area contributed by atoms with Crippen molar-refractivity contribution in [3.63, 3.8) is 0 Å². The molecule has 2 amide bonds. The molecule has 0 N–H and O–H groups in total. The van der Waals surface area contributed by atoms with Gasteiger partial charge in [0.05, 0.1) is 23.8 Å². The van der Waals surface area contributed by atoms with Crippen molar-refractivity contribution in [2.45, 2.75) is 45.3 Å². The van der Waals surface area contributed by atoms with Crippen LogP contribution in [0, 0.1) is 10.1 Å². The molecule has 1 atom stereocenters. The Hall–Kier alpha value is -3.20. The summed E-state index contributed by atoms with van der Waals surface area (Å²) in [6.07, 6.45) is 5.01. The van der Waals surface area contributed by atoms with E-state index in [4.69, 9.17) is 9.15 Å². The summed E-state index contributed by atoms with van der Waals surface area (Å²) in [5.74, 6) is 0.151. The monoisotopic (exact) mass is 443 g/mol. The fourth-order valence-electron chi connectivity index (χ4n) is 3.65. The molecule has 9 heteroatoms. The number of nitrogens with zero attached hydrogens (tertiary/aromatic N) is 3. The number of nitro benzene ring substituents is 1. The molecule has 1 fully saturated rings. The number of benzene rings is 1.